The van der Waals surface area contributed by atoms with Crippen molar-refractivity contribution in [2.45, 2.75) is 27.2 Å². The molecule has 0 saturated carbocycles. The van der Waals surface area contributed by atoms with Gasteiger partial charge in [0, 0.05) is 16.9 Å². The van der Waals surface area contributed by atoms with E-state index in [2.05, 4.69) is 5.32 Å². The average Bonchev–Trinajstić information content (AvgIpc) is 2.97. The molecule has 0 fully saturated rings. The average molecular weight is 343 g/mol. The van der Waals surface area contributed by atoms with E-state index in [0.29, 0.717) is 29.2 Å². The number of hydrogen-bond donors (Lipinski definition) is 1. The van der Waals surface area contributed by atoms with Gasteiger partial charge < -0.3 is 10.1 Å². The molecule has 24 heavy (non-hydrogen) atoms. The first-order valence-corrected chi connectivity index (χ1v) is 8.64. The Labute approximate surface area is 146 Å². The molecule has 0 radical (unpaired) electrons. The van der Waals surface area contributed by atoms with Crippen molar-refractivity contribution in [1.29, 1.82) is 0 Å². The zero-order valence-corrected chi connectivity index (χ0v) is 14.9. The molecule has 0 atom stereocenters. The van der Waals surface area contributed by atoms with Crippen molar-refractivity contribution in [2.75, 3.05) is 11.9 Å². The van der Waals surface area contributed by atoms with Crippen molar-refractivity contribution in [3.8, 4) is 0 Å². The number of benzene rings is 1. The van der Waals surface area contributed by atoms with Crippen LogP contribution in [-0.4, -0.2) is 18.5 Å². The van der Waals surface area contributed by atoms with E-state index in [-0.39, 0.29) is 5.91 Å². The SMILES string of the molecule is C/C=C(\C)C(=O)Nc1sc(Cc2ccccc2)cc1C(=O)OCC. The highest BCUT2D eigenvalue weighted by Crippen LogP contribution is 2.31. The summed E-state index contributed by atoms with van der Waals surface area (Å²) < 4.78 is 5.10. The fraction of sp³-hybridized carbons (Fsp3) is 0.263. The zero-order chi connectivity index (χ0) is 17.5. The Morgan fingerprint density at radius 3 is 2.58 bits per heavy atom. The molecule has 5 heteroatoms. The molecule has 1 aromatic heterocycles. The minimum absolute atomic E-state index is 0.212. The Morgan fingerprint density at radius 1 is 1.25 bits per heavy atom. The van der Waals surface area contributed by atoms with Crippen LogP contribution in [-0.2, 0) is 16.0 Å². The summed E-state index contributed by atoms with van der Waals surface area (Å²) >= 11 is 1.40. The Morgan fingerprint density at radius 2 is 1.96 bits per heavy atom. The zero-order valence-electron chi connectivity index (χ0n) is 14.1. The highest BCUT2D eigenvalue weighted by atomic mass is 32.1. The van der Waals surface area contributed by atoms with Gasteiger partial charge >= 0.3 is 5.97 Å². The molecule has 0 saturated heterocycles. The third-order valence-corrected chi connectivity index (χ3v) is 4.57. The van der Waals surface area contributed by atoms with E-state index < -0.39 is 5.97 Å². The lowest BCUT2D eigenvalue weighted by Crippen LogP contribution is -2.14. The van der Waals surface area contributed by atoms with Gasteiger partial charge in [0.1, 0.15) is 5.00 Å². The maximum absolute atomic E-state index is 12.2. The van der Waals surface area contributed by atoms with Crippen molar-refractivity contribution < 1.29 is 14.3 Å². The number of esters is 1. The summed E-state index contributed by atoms with van der Waals surface area (Å²) in [6.45, 7) is 5.59. The van der Waals surface area contributed by atoms with Gasteiger partial charge in [0.2, 0.25) is 0 Å². The molecule has 1 heterocycles. The molecule has 0 bridgehead atoms. The lowest BCUT2D eigenvalue weighted by Gasteiger charge is -2.05. The second-order valence-corrected chi connectivity index (χ2v) is 6.40. The number of anilines is 1. The van der Waals surface area contributed by atoms with Gasteiger partial charge in [-0.05, 0) is 32.4 Å². The molecule has 0 unspecified atom stereocenters. The quantitative estimate of drug-likeness (QED) is 0.624. The number of thiophene rings is 1. The van der Waals surface area contributed by atoms with Crippen LogP contribution in [0.3, 0.4) is 0 Å². The van der Waals surface area contributed by atoms with E-state index in [1.165, 1.54) is 11.3 Å². The summed E-state index contributed by atoms with van der Waals surface area (Å²) in [5.41, 5.74) is 2.16. The highest BCUT2D eigenvalue weighted by Gasteiger charge is 2.19. The normalized spacial score (nSPS) is 11.2. The molecule has 1 N–H and O–H groups in total. The maximum Gasteiger partial charge on any atom is 0.341 e. The fourth-order valence-electron chi connectivity index (χ4n) is 2.11. The summed E-state index contributed by atoms with van der Waals surface area (Å²) in [4.78, 5) is 25.3. The molecular weight excluding hydrogens is 322 g/mol. The minimum atomic E-state index is -0.415. The van der Waals surface area contributed by atoms with Crippen LogP contribution in [0, 0.1) is 0 Å². The van der Waals surface area contributed by atoms with E-state index in [1.807, 2.05) is 30.3 Å². The number of nitrogens with one attached hydrogen (secondary N) is 1. The lowest BCUT2D eigenvalue weighted by molar-refractivity contribution is -0.112. The number of amides is 1. The molecular formula is C19H21NO3S. The second kappa shape index (κ2) is 8.45. The molecule has 1 amide bonds. The van der Waals surface area contributed by atoms with Crippen LogP contribution in [0.25, 0.3) is 0 Å². The number of rotatable bonds is 6. The van der Waals surface area contributed by atoms with E-state index in [1.54, 1.807) is 32.9 Å². The van der Waals surface area contributed by atoms with Crippen molar-refractivity contribution in [3.05, 3.63) is 64.1 Å². The van der Waals surface area contributed by atoms with E-state index >= 15 is 0 Å². The Hall–Kier alpha value is -2.40. The van der Waals surface area contributed by atoms with Gasteiger partial charge in [-0.2, -0.15) is 0 Å². The van der Waals surface area contributed by atoms with Gasteiger partial charge in [0.25, 0.3) is 5.91 Å². The van der Waals surface area contributed by atoms with Crippen molar-refractivity contribution in [2.24, 2.45) is 0 Å². The summed E-state index contributed by atoms with van der Waals surface area (Å²) in [5, 5.41) is 3.35. The summed E-state index contributed by atoms with van der Waals surface area (Å²) in [7, 11) is 0. The van der Waals surface area contributed by atoms with E-state index in [9.17, 15) is 9.59 Å². The lowest BCUT2D eigenvalue weighted by atomic mass is 10.1. The molecule has 0 aliphatic heterocycles. The monoisotopic (exact) mass is 343 g/mol. The summed E-state index contributed by atoms with van der Waals surface area (Å²) in [6, 6.07) is 11.8. The van der Waals surface area contributed by atoms with E-state index in [0.717, 1.165) is 10.4 Å². The first kappa shape index (κ1) is 17.9. The fourth-order valence-corrected chi connectivity index (χ4v) is 3.19. The number of allylic oxidation sites excluding steroid dienone is 1. The van der Waals surface area contributed by atoms with Crippen molar-refractivity contribution >= 4 is 28.2 Å². The number of carbonyl (C=O) groups is 2. The second-order valence-electron chi connectivity index (χ2n) is 5.26. The number of hydrogen-bond acceptors (Lipinski definition) is 4. The Balaban J connectivity index is 2.29. The maximum atomic E-state index is 12.2. The summed E-state index contributed by atoms with van der Waals surface area (Å²) in [5.74, 6) is -0.627. The smallest absolute Gasteiger partial charge is 0.341 e. The highest BCUT2D eigenvalue weighted by molar-refractivity contribution is 7.16. The van der Waals surface area contributed by atoms with Gasteiger partial charge in [0.15, 0.2) is 0 Å². The van der Waals surface area contributed by atoms with Crippen LogP contribution >= 0.6 is 11.3 Å². The molecule has 0 spiro atoms. The third kappa shape index (κ3) is 4.55. The van der Waals surface area contributed by atoms with Crippen LogP contribution in [0.5, 0.6) is 0 Å². The minimum Gasteiger partial charge on any atom is -0.462 e. The van der Waals surface area contributed by atoms with Crippen LogP contribution in [0.1, 0.15) is 41.6 Å². The third-order valence-electron chi connectivity index (χ3n) is 3.52. The molecule has 2 aromatic rings. The predicted molar refractivity (Wildman–Crippen MR) is 97.6 cm³/mol. The van der Waals surface area contributed by atoms with Gasteiger partial charge in [0.05, 0.1) is 12.2 Å². The molecule has 2 rings (SSSR count). The van der Waals surface area contributed by atoms with Crippen molar-refractivity contribution in [3.63, 3.8) is 0 Å². The van der Waals surface area contributed by atoms with Gasteiger partial charge in [-0.25, -0.2) is 4.79 Å². The number of carbonyl (C=O) groups excluding carboxylic acids is 2. The molecule has 0 aliphatic carbocycles. The largest absolute Gasteiger partial charge is 0.462 e. The van der Waals surface area contributed by atoms with Crippen LogP contribution in [0.2, 0.25) is 0 Å². The Bertz CT molecular complexity index is 747. The molecule has 0 aliphatic rings. The van der Waals surface area contributed by atoms with Crippen LogP contribution in [0.15, 0.2) is 48.0 Å². The topological polar surface area (TPSA) is 55.4 Å². The van der Waals surface area contributed by atoms with Gasteiger partial charge in [-0.1, -0.05) is 36.4 Å². The standard InChI is InChI=1S/C19H21NO3S/c1-4-13(3)17(21)20-18-16(19(22)23-5-2)12-15(24-18)11-14-9-7-6-8-10-14/h4,6-10,12H,5,11H2,1-3H3,(H,20,21)/b13-4+. The first-order chi connectivity index (χ1) is 11.5. The van der Waals surface area contributed by atoms with E-state index in [4.69, 9.17) is 4.74 Å². The van der Waals surface area contributed by atoms with Crippen molar-refractivity contribution in [1.82, 2.24) is 0 Å². The van der Waals surface area contributed by atoms with Gasteiger partial charge in [-0.15, -0.1) is 11.3 Å². The molecule has 126 valence electrons. The molecule has 4 nitrogen and oxygen atoms in total. The van der Waals surface area contributed by atoms with Crippen LogP contribution < -0.4 is 5.32 Å². The Kier molecular flexibility index (Phi) is 6.32. The summed E-state index contributed by atoms with van der Waals surface area (Å²) in [6.07, 6.45) is 2.44. The van der Waals surface area contributed by atoms with Crippen LogP contribution in [0.4, 0.5) is 5.00 Å². The predicted octanol–water partition coefficient (Wildman–Crippen LogP) is 4.42. The first-order valence-electron chi connectivity index (χ1n) is 7.83. The number of ether oxygens (including phenoxy) is 1. The van der Waals surface area contributed by atoms with Gasteiger partial charge in [-0.3, -0.25) is 4.79 Å². The molecule has 1 aromatic carbocycles.